The predicted octanol–water partition coefficient (Wildman–Crippen LogP) is 3.13. The summed E-state index contributed by atoms with van der Waals surface area (Å²) in [4.78, 5) is 0. The zero-order valence-electron chi connectivity index (χ0n) is 10.5. The van der Waals surface area contributed by atoms with Gasteiger partial charge in [0, 0.05) is 11.6 Å². The van der Waals surface area contributed by atoms with E-state index >= 15 is 0 Å². The first-order valence-corrected chi connectivity index (χ1v) is 6.11. The van der Waals surface area contributed by atoms with Gasteiger partial charge in [-0.05, 0) is 38.8 Å². The van der Waals surface area contributed by atoms with Crippen LogP contribution in [-0.2, 0) is 0 Å². The predicted molar refractivity (Wildman–Crippen MR) is 67.1 cm³/mol. The molecule has 1 unspecified atom stereocenters. The highest BCUT2D eigenvalue weighted by Crippen LogP contribution is 2.33. The summed E-state index contributed by atoms with van der Waals surface area (Å²) in [7, 11) is 1.77. The van der Waals surface area contributed by atoms with E-state index in [0.29, 0.717) is 6.04 Å². The molecular weight excluding hydrogens is 198 g/mol. The Morgan fingerprint density at radius 1 is 1.25 bits per heavy atom. The molecule has 1 aliphatic rings. The van der Waals surface area contributed by atoms with Crippen molar-refractivity contribution in [1.82, 2.24) is 5.32 Å². The average Bonchev–Trinajstić information content (AvgIpc) is 2.29. The van der Waals surface area contributed by atoms with E-state index in [9.17, 15) is 0 Å². The highest BCUT2D eigenvalue weighted by atomic mass is 16.5. The van der Waals surface area contributed by atoms with Gasteiger partial charge in [0.15, 0.2) is 0 Å². The number of methoxy groups -OCH3 is 1. The minimum absolute atomic E-state index is 0.474. The Hall–Kier alpha value is -1.02. The molecule has 1 saturated heterocycles. The number of hydrogen-bond acceptors (Lipinski definition) is 2. The van der Waals surface area contributed by atoms with Gasteiger partial charge in [-0.2, -0.15) is 0 Å². The van der Waals surface area contributed by atoms with Crippen molar-refractivity contribution in [3.05, 3.63) is 28.8 Å². The van der Waals surface area contributed by atoms with Crippen molar-refractivity contribution in [2.45, 2.75) is 39.2 Å². The number of rotatable bonds is 2. The van der Waals surface area contributed by atoms with Crippen molar-refractivity contribution in [3.8, 4) is 5.75 Å². The third kappa shape index (κ3) is 2.22. The Morgan fingerprint density at radius 2 is 2.06 bits per heavy atom. The Balaban J connectivity index is 2.36. The van der Waals surface area contributed by atoms with Crippen LogP contribution in [0.4, 0.5) is 0 Å². The summed E-state index contributed by atoms with van der Waals surface area (Å²) in [6, 6.07) is 4.92. The summed E-state index contributed by atoms with van der Waals surface area (Å²) in [5, 5.41) is 3.58. The van der Waals surface area contributed by atoms with Crippen LogP contribution in [0.5, 0.6) is 5.75 Å². The van der Waals surface area contributed by atoms with Crippen LogP contribution >= 0.6 is 0 Å². The lowest BCUT2D eigenvalue weighted by atomic mass is 9.94. The Bertz CT molecular complexity index is 367. The average molecular weight is 219 g/mol. The third-order valence-electron chi connectivity index (χ3n) is 3.34. The van der Waals surface area contributed by atoms with E-state index in [2.05, 4.69) is 31.3 Å². The van der Waals surface area contributed by atoms with Crippen molar-refractivity contribution in [2.24, 2.45) is 0 Å². The first-order chi connectivity index (χ1) is 7.72. The molecule has 0 bridgehead atoms. The largest absolute Gasteiger partial charge is 0.496 e. The second-order valence-corrected chi connectivity index (χ2v) is 4.71. The molecule has 1 fully saturated rings. The second kappa shape index (κ2) is 4.88. The van der Waals surface area contributed by atoms with Crippen LogP contribution in [-0.4, -0.2) is 13.7 Å². The minimum atomic E-state index is 0.474. The van der Waals surface area contributed by atoms with Crippen LogP contribution in [0.25, 0.3) is 0 Å². The van der Waals surface area contributed by atoms with Crippen molar-refractivity contribution in [3.63, 3.8) is 0 Å². The van der Waals surface area contributed by atoms with Gasteiger partial charge < -0.3 is 10.1 Å². The van der Waals surface area contributed by atoms with E-state index in [-0.39, 0.29) is 0 Å². The van der Waals surface area contributed by atoms with Crippen LogP contribution in [0.15, 0.2) is 12.1 Å². The molecule has 16 heavy (non-hydrogen) atoms. The molecule has 0 aliphatic carbocycles. The van der Waals surface area contributed by atoms with Gasteiger partial charge >= 0.3 is 0 Å². The molecule has 1 aromatic carbocycles. The molecule has 2 heteroatoms. The molecule has 2 nitrogen and oxygen atoms in total. The van der Waals surface area contributed by atoms with Crippen LogP contribution in [0, 0.1) is 13.8 Å². The van der Waals surface area contributed by atoms with Crippen molar-refractivity contribution in [2.75, 3.05) is 13.7 Å². The quantitative estimate of drug-likeness (QED) is 0.825. The van der Waals surface area contributed by atoms with Crippen LogP contribution in [0.2, 0.25) is 0 Å². The number of hydrogen-bond donors (Lipinski definition) is 1. The van der Waals surface area contributed by atoms with E-state index in [1.165, 1.54) is 36.0 Å². The zero-order valence-corrected chi connectivity index (χ0v) is 10.5. The minimum Gasteiger partial charge on any atom is -0.496 e. The molecule has 0 saturated carbocycles. The number of nitrogens with one attached hydrogen (secondary N) is 1. The first-order valence-electron chi connectivity index (χ1n) is 6.11. The summed E-state index contributed by atoms with van der Waals surface area (Å²) in [5.41, 5.74) is 3.89. The molecule has 1 aliphatic heterocycles. The monoisotopic (exact) mass is 219 g/mol. The number of piperidine rings is 1. The van der Waals surface area contributed by atoms with Gasteiger partial charge in [0.1, 0.15) is 5.75 Å². The fraction of sp³-hybridized carbons (Fsp3) is 0.571. The molecule has 1 aromatic rings. The number of ether oxygens (including phenoxy) is 1. The molecule has 0 radical (unpaired) electrons. The summed E-state index contributed by atoms with van der Waals surface area (Å²) >= 11 is 0. The molecule has 1 N–H and O–H groups in total. The van der Waals surface area contributed by atoms with E-state index in [0.717, 1.165) is 12.3 Å². The molecule has 88 valence electrons. The lowest BCUT2D eigenvalue weighted by molar-refractivity contribution is 0.371. The Kier molecular flexibility index (Phi) is 3.49. The molecule has 0 spiro atoms. The standard InChI is InChI=1S/C14H21NO/c1-10-8-11(2)14(16-3)12(9-10)13-6-4-5-7-15-13/h8-9,13,15H,4-7H2,1-3H3. The van der Waals surface area contributed by atoms with Crippen LogP contribution < -0.4 is 10.1 Å². The molecule has 0 amide bonds. The maximum atomic E-state index is 5.54. The van der Waals surface area contributed by atoms with E-state index in [1.54, 1.807) is 7.11 Å². The van der Waals surface area contributed by atoms with Crippen LogP contribution in [0.1, 0.15) is 42.0 Å². The SMILES string of the molecule is COc1c(C)cc(C)cc1C1CCCCN1. The Morgan fingerprint density at radius 3 is 2.69 bits per heavy atom. The topological polar surface area (TPSA) is 21.3 Å². The second-order valence-electron chi connectivity index (χ2n) is 4.71. The van der Waals surface area contributed by atoms with E-state index in [4.69, 9.17) is 4.74 Å². The summed E-state index contributed by atoms with van der Waals surface area (Å²) in [5.74, 6) is 1.06. The van der Waals surface area contributed by atoms with Gasteiger partial charge in [-0.15, -0.1) is 0 Å². The number of benzene rings is 1. The highest BCUT2D eigenvalue weighted by molar-refractivity contribution is 5.45. The van der Waals surface area contributed by atoms with Gasteiger partial charge in [-0.1, -0.05) is 24.1 Å². The maximum Gasteiger partial charge on any atom is 0.126 e. The fourth-order valence-electron chi connectivity index (χ4n) is 2.64. The van der Waals surface area contributed by atoms with Crippen molar-refractivity contribution >= 4 is 0 Å². The highest BCUT2D eigenvalue weighted by Gasteiger charge is 2.19. The molecule has 2 rings (SSSR count). The first kappa shape index (κ1) is 11.5. The maximum absolute atomic E-state index is 5.54. The third-order valence-corrected chi connectivity index (χ3v) is 3.34. The normalized spacial score (nSPS) is 20.8. The fourth-order valence-corrected chi connectivity index (χ4v) is 2.64. The van der Waals surface area contributed by atoms with Gasteiger partial charge in [0.2, 0.25) is 0 Å². The zero-order chi connectivity index (χ0) is 11.5. The lowest BCUT2D eigenvalue weighted by Gasteiger charge is -2.26. The van der Waals surface area contributed by atoms with Gasteiger partial charge in [-0.3, -0.25) is 0 Å². The summed E-state index contributed by atoms with van der Waals surface area (Å²) < 4.78 is 5.54. The van der Waals surface area contributed by atoms with Gasteiger partial charge in [0.25, 0.3) is 0 Å². The van der Waals surface area contributed by atoms with E-state index in [1.807, 2.05) is 0 Å². The van der Waals surface area contributed by atoms with Crippen molar-refractivity contribution in [1.29, 1.82) is 0 Å². The molecule has 0 aromatic heterocycles. The Labute approximate surface area is 98.0 Å². The molecule has 1 atom stereocenters. The number of aryl methyl sites for hydroxylation is 2. The van der Waals surface area contributed by atoms with Gasteiger partial charge in [-0.25, -0.2) is 0 Å². The van der Waals surface area contributed by atoms with E-state index < -0.39 is 0 Å². The van der Waals surface area contributed by atoms with Crippen LogP contribution in [0.3, 0.4) is 0 Å². The smallest absolute Gasteiger partial charge is 0.126 e. The molecule has 1 heterocycles. The van der Waals surface area contributed by atoms with Crippen molar-refractivity contribution < 1.29 is 4.74 Å². The summed E-state index contributed by atoms with van der Waals surface area (Å²) in [6.45, 7) is 5.40. The van der Waals surface area contributed by atoms with Gasteiger partial charge in [0.05, 0.1) is 7.11 Å². The lowest BCUT2D eigenvalue weighted by Crippen LogP contribution is -2.27. The molecular formula is C14H21NO. The summed E-state index contributed by atoms with van der Waals surface area (Å²) in [6.07, 6.45) is 3.83.